The van der Waals surface area contributed by atoms with E-state index in [2.05, 4.69) is 9.97 Å². The van der Waals surface area contributed by atoms with Gasteiger partial charge in [-0.15, -0.1) is 0 Å². The summed E-state index contributed by atoms with van der Waals surface area (Å²) in [6.07, 6.45) is 0.979. The van der Waals surface area contributed by atoms with Crippen molar-refractivity contribution >= 4 is 16.8 Å². The molecular formula is C11H11FN4O. The van der Waals surface area contributed by atoms with Crippen molar-refractivity contribution in [3.63, 3.8) is 0 Å². The van der Waals surface area contributed by atoms with Gasteiger partial charge < -0.3 is 15.8 Å². The first-order chi connectivity index (χ1) is 8.19. The average Bonchev–Trinajstić information content (AvgIpc) is 2.84. The van der Waals surface area contributed by atoms with Crippen molar-refractivity contribution in [3.8, 4) is 0 Å². The number of fused-ring (bicyclic) bond motifs is 3. The molecule has 2 aromatic heterocycles. The Kier molecular flexibility index (Phi) is 2.13. The molecular weight excluding hydrogens is 223 g/mol. The van der Waals surface area contributed by atoms with Crippen molar-refractivity contribution in [2.45, 2.75) is 6.10 Å². The zero-order chi connectivity index (χ0) is 12.0. The fourth-order valence-corrected chi connectivity index (χ4v) is 1.89. The molecule has 2 heterocycles. The molecule has 4 N–H and O–H groups in total. The van der Waals surface area contributed by atoms with Crippen molar-refractivity contribution < 1.29 is 9.50 Å². The summed E-state index contributed by atoms with van der Waals surface area (Å²) < 4.78 is 14.8. The number of halogens is 1. The summed E-state index contributed by atoms with van der Waals surface area (Å²) in [6.45, 7) is 0.135. The number of nitrogens with two attached hydrogens (primary N) is 1. The number of aromatic amines is 1. The van der Waals surface area contributed by atoms with Gasteiger partial charge in [0, 0.05) is 18.8 Å². The maximum atomic E-state index is 13.0. The summed E-state index contributed by atoms with van der Waals surface area (Å²) in [5.74, 6) is 0.244. The zero-order valence-electron chi connectivity index (χ0n) is 8.89. The lowest BCUT2D eigenvalue weighted by atomic mass is 10.3. The van der Waals surface area contributed by atoms with Crippen LogP contribution < -0.4 is 5.73 Å². The Balaban J connectivity index is 2.24. The van der Waals surface area contributed by atoms with Gasteiger partial charge in [-0.05, 0) is 12.1 Å². The second-order valence-corrected chi connectivity index (χ2v) is 3.90. The van der Waals surface area contributed by atoms with Crippen LogP contribution in [-0.4, -0.2) is 26.0 Å². The fourth-order valence-electron chi connectivity index (χ4n) is 1.89. The molecule has 0 spiro atoms. The maximum absolute atomic E-state index is 13.0. The molecule has 6 heteroatoms. The number of imidazole rings is 2. The van der Waals surface area contributed by atoms with E-state index in [9.17, 15) is 9.50 Å². The van der Waals surface area contributed by atoms with Crippen LogP contribution in [-0.2, 0) is 0 Å². The smallest absolute Gasteiger partial charge is 0.212 e. The van der Waals surface area contributed by atoms with E-state index in [1.807, 2.05) is 0 Å². The van der Waals surface area contributed by atoms with E-state index < -0.39 is 6.10 Å². The number of nitrogens with zero attached hydrogens (tertiary/aromatic N) is 2. The van der Waals surface area contributed by atoms with Crippen LogP contribution in [0.5, 0.6) is 0 Å². The molecule has 1 aromatic carbocycles. The van der Waals surface area contributed by atoms with Gasteiger partial charge in [0.1, 0.15) is 11.9 Å². The SMILES string of the molecule is NCC(O)c1cn2c(nc3cc(F)ccc32)[nH]1. The van der Waals surface area contributed by atoms with Gasteiger partial charge in [-0.25, -0.2) is 9.37 Å². The van der Waals surface area contributed by atoms with Crippen LogP contribution in [0.15, 0.2) is 24.4 Å². The normalized spacial score (nSPS) is 13.6. The molecule has 0 radical (unpaired) electrons. The third-order valence-electron chi connectivity index (χ3n) is 2.76. The van der Waals surface area contributed by atoms with E-state index in [1.165, 1.54) is 12.1 Å². The van der Waals surface area contributed by atoms with Gasteiger partial charge in [-0.2, -0.15) is 0 Å². The number of rotatable bonds is 2. The highest BCUT2D eigenvalue weighted by molar-refractivity contribution is 5.79. The topological polar surface area (TPSA) is 79.3 Å². The minimum absolute atomic E-state index is 0.135. The number of aromatic nitrogens is 3. The van der Waals surface area contributed by atoms with E-state index >= 15 is 0 Å². The second kappa shape index (κ2) is 3.54. The molecule has 0 aliphatic heterocycles. The predicted molar refractivity (Wildman–Crippen MR) is 61.0 cm³/mol. The highest BCUT2D eigenvalue weighted by Crippen LogP contribution is 2.20. The quantitative estimate of drug-likeness (QED) is 0.617. The Labute approximate surface area is 95.7 Å². The Morgan fingerprint density at radius 2 is 2.35 bits per heavy atom. The van der Waals surface area contributed by atoms with Crippen LogP contribution in [0.2, 0.25) is 0 Å². The minimum atomic E-state index is -0.743. The van der Waals surface area contributed by atoms with Crippen LogP contribution in [0.1, 0.15) is 11.8 Å². The maximum Gasteiger partial charge on any atom is 0.212 e. The largest absolute Gasteiger partial charge is 0.386 e. The molecule has 1 unspecified atom stereocenters. The van der Waals surface area contributed by atoms with Gasteiger partial charge in [-0.3, -0.25) is 4.40 Å². The van der Waals surface area contributed by atoms with Gasteiger partial charge in [-0.1, -0.05) is 0 Å². The first-order valence-electron chi connectivity index (χ1n) is 5.23. The molecule has 0 aliphatic carbocycles. The lowest BCUT2D eigenvalue weighted by molar-refractivity contribution is 0.182. The molecule has 88 valence electrons. The van der Waals surface area contributed by atoms with Crippen LogP contribution in [0.25, 0.3) is 16.8 Å². The van der Waals surface area contributed by atoms with E-state index in [0.29, 0.717) is 17.0 Å². The van der Waals surface area contributed by atoms with Gasteiger partial charge in [0.2, 0.25) is 5.78 Å². The number of nitrogens with one attached hydrogen (secondary N) is 1. The van der Waals surface area contributed by atoms with Gasteiger partial charge in [0.05, 0.1) is 16.7 Å². The summed E-state index contributed by atoms with van der Waals surface area (Å²) in [5, 5.41) is 9.61. The molecule has 0 aliphatic rings. The molecule has 0 bridgehead atoms. The lowest BCUT2D eigenvalue weighted by Crippen LogP contribution is -2.11. The molecule has 5 nitrogen and oxygen atoms in total. The number of aliphatic hydroxyl groups excluding tert-OH is 1. The van der Waals surface area contributed by atoms with Crippen molar-refractivity contribution in [1.82, 2.24) is 14.4 Å². The van der Waals surface area contributed by atoms with E-state index in [0.717, 1.165) is 5.52 Å². The number of hydrogen-bond donors (Lipinski definition) is 3. The Bertz CT molecular complexity index is 687. The first kappa shape index (κ1) is 10.2. The van der Waals surface area contributed by atoms with Gasteiger partial charge >= 0.3 is 0 Å². The molecule has 0 saturated heterocycles. The average molecular weight is 234 g/mol. The fraction of sp³-hybridized carbons (Fsp3) is 0.182. The van der Waals surface area contributed by atoms with E-state index in [4.69, 9.17) is 5.73 Å². The molecule has 0 fully saturated rings. The van der Waals surface area contributed by atoms with E-state index in [1.54, 1.807) is 16.7 Å². The van der Waals surface area contributed by atoms with Crippen LogP contribution >= 0.6 is 0 Å². The summed E-state index contributed by atoms with van der Waals surface area (Å²) in [6, 6.07) is 4.40. The molecule has 17 heavy (non-hydrogen) atoms. The van der Waals surface area contributed by atoms with Gasteiger partial charge in [0.15, 0.2) is 0 Å². The first-order valence-corrected chi connectivity index (χ1v) is 5.23. The summed E-state index contributed by atoms with van der Waals surface area (Å²) in [7, 11) is 0. The van der Waals surface area contributed by atoms with E-state index in [-0.39, 0.29) is 12.4 Å². The number of hydrogen-bond acceptors (Lipinski definition) is 3. The van der Waals surface area contributed by atoms with Crippen molar-refractivity contribution in [2.75, 3.05) is 6.54 Å². The molecule has 1 atom stereocenters. The third kappa shape index (κ3) is 1.49. The lowest BCUT2D eigenvalue weighted by Gasteiger charge is -2.02. The standard InChI is InChI=1S/C11H11FN4O/c12-6-1-2-9-7(3-6)14-11-15-8(5-16(9)11)10(17)4-13/h1-3,5,10,17H,4,13H2,(H,14,15). The molecule has 3 aromatic rings. The summed E-state index contributed by atoms with van der Waals surface area (Å²) >= 11 is 0. The second-order valence-electron chi connectivity index (χ2n) is 3.90. The number of aliphatic hydroxyl groups is 1. The highest BCUT2D eigenvalue weighted by Gasteiger charge is 2.12. The third-order valence-corrected chi connectivity index (χ3v) is 2.76. The predicted octanol–water partition coefficient (Wildman–Crippen LogP) is 0.947. The summed E-state index contributed by atoms with van der Waals surface area (Å²) in [5.41, 5.74) is 7.34. The van der Waals surface area contributed by atoms with Crippen LogP contribution in [0.3, 0.4) is 0 Å². The molecule has 0 amide bonds. The Morgan fingerprint density at radius 3 is 3.12 bits per heavy atom. The Hall–Kier alpha value is -1.92. The zero-order valence-corrected chi connectivity index (χ0v) is 8.89. The minimum Gasteiger partial charge on any atom is -0.386 e. The van der Waals surface area contributed by atoms with Crippen molar-refractivity contribution in [2.24, 2.45) is 5.73 Å². The monoisotopic (exact) mass is 234 g/mol. The van der Waals surface area contributed by atoms with Gasteiger partial charge in [0.25, 0.3) is 0 Å². The van der Waals surface area contributed by atoms with Crippen molar-refractivity contribution in [1.29, 1.82) is 0 Å². The highest BCUT2D eigenvalue weighted by atomic mass is 19.1. The Morgan fingerprint density at radius 1 is 1.53 bits per heavy atom. The number of H-pyrrole nitrogens is 1. The summed E-state index contributed by atoms with van der Waals surface area (Å²) in [4.78, 5) is 7.18. The van der Waals surface area contributed by atoms with Crippen molar-refractivity contribution in [3.05, 3.63) is 35.9 Å². The number of benzene rings is 1. The van der Waals surface area contributed by atoms with Crippen LogP contribution in [0.4, 0.5) is 4.39 Å². The molecule has 3 rings (SSSR count). The molecule has 0 saturated carbocycles. The van der Waals surface area contributed by atoms with Crippen LogP contribution in [0, 0.1) is 5.82 Å².